The fraction of sp³-hybridized carbons (Fsp3) is 0.125. The van der Waals surface area contributed by atoms with Gasteiger partial charge in [-0.3, -0.25) is 9.98 Å². The smallest absolute Gasteiger partial charge is 0.154 e. The molecule has 0 aliphatic carbocycles. The van der Waals surface area contributed by atoms with Gasteiger partial charge in [0.2, 0.25) is 0 Å². The van der Waals surface area contributed by atoms with Gasteiger partial charge in [-0.1, -0.05) is 90.5 Å². The third-order valence-electron chi connectivity index (χ3n) is 3.85. The quantitative estimate of drug-likeness (QED) is 0.426. The van der Waals surface area contributed by atoms with Gasteiger partial charge in [0.05, 0.1) is 13.1 Å². The lowest BCUT2D eigenvalue weighted by molar-refractivity contribution is 1.06. The Balaban J connectivity index is 0.000000244. The predicted molar refractivity (Wildman–Crippen MR) is 117 cm³/mol. The van der Waals surface area contributed by atoms with E-state index in [4.69, 9.17) is 0 Å². The van der Waals surface area contributed by atoms with Crippen LogP contribution in [0.1, 0.15) is 22.3 Å². The second-order valence-electron chi connectivity index (χ2n) is 6.02. The standard InChI is InChI=1S/C16H16N2.C8H9N/c1-13-8-10-14(11-9-13)12-18-16(17-2)15-6-4-3-5-7-15;1-9-7-8-5-3-2-4-6-8/h3-11H,2,12H2,1H3;2-6H,1,7H2. The third-order valence-corrected chi connectivity index (χ3v) is 3.85. The third kappa shape index (κ3) is 7.20. The molecule has 0 saturated carbocycles. The summed E-state index contributed by atoms with van der Waals surface area (Å²) in [4.78, 5) is 12.2. The van der Waals surface area contributed by atoms with Gasteiger partial charge in [0.25, 0.3) is 0 Å². The summed E-state index contributed by atoms with van der Waals surface area (Å²) < 4.78 is 0. The summed E-state index contributed by atoms with van der Waals surface area (Å²) in [6, 6.07) is 28.3. The highest BCUT2D eigenvalue weighted by molar-refractivity contribution is 6.01. The Labute approximate surface area is 161 Å². The van der Waals surface area contributed by atoms with Gasteiger partial charge in [-0.2, -0.15) is 0 Å². The highest BCUT2D eigenvalue weighted by Crippen LogP contribution is 2.07. The molecule has 3 aromatic rings. The fourth-order valence-electron chi connectivity index (χ4n) is 2.39. The van der Waals surface area contributed by atoms with Crippen LogP contribution in [-0.4, -0.2) is 19.3 Å². The summed E-state index contributed by atoms with van der Waals surface area (Å²) in [7, 11) is 0. The number of aryl methyl sites for hydroxylation is 1. The van der Waals surface area contributed by atoms with Gasteiger partial charge in [0.1, 0.15) is 0 Å². The average Bonchev–Trinajstić information content (AvgIpc) is 2.72. The van der Waals surface area contributed by atoms with Crippen LogP contribution in [0.2, 0.25) is 0 Å². The van der Waals surface area contributed by atoms with Crippen molar-refractivity contribution in [1.82, 2.24) is 0 Å². The zero-order valence-corrected chi connectivity index (χ0v) is 15.8. The Kier molecular flexibility index (Phi) is 8.38. The second kappa shape index (κ2) is 11.3. The Bertz CT molecular complexity index is 851. The SMILES string of the molecule is C=NC(=NCc1ccc(C)cc1)c1ccccc1.C=NCc1ccccc1. The van der Waals surface area contributed by atoms with Crippen LogP contribution in [0, 0.1) is 6.92 Å². The van der Waals surface area contributed by atoms with E-state index in [1.165, 1.54) is 16.7 Å². The molecule has 136 valence electrons. The minimum Gasteiger partial charge on any atom is -0.296 e. The van der Waals surface area contributed by atoms with Crippen LogP contribution >= 0.6 is 0 Å². The minimum atomic E-state index is 0.628. The van der Waals surface area contributed by atoms with Crippen molar-refractivity contribution in [2.75, 3.05) is 0 Å². The zero-order valence-electron chi connectivity index (χ0n) is 15.8. The van der Waals surface area contributed by atoms with Gasteiger partial charge in [0, 0.05) is 5.56 Å². The van der Waals surface area contributed by atoms with E-state index < -0.39 is 0 Å². The molecule has 0 unspecified atom stereocenters. The number of amidine groups is 1. The number of hydrogen-bond acceptors (Lipinski definition) is 2. The van der Waals surface area contributed by atoms with Crippen molar-refractivity contribution >= 4 is 19.3 Å². The topological polar surface area (TPSA) is 37.1 Å². The van der Waals surface area contributed by atoms with Gasteiger partial charge in [-0.05, 0) is 31.5 Å². The van der Waals surface area contributed by atoms with E-state index in [9.17, 15) is 0 Å². The molecular formula is C24H25N3. The molecule has 0 aliphatic rings. The Morgan fingerprint density at radius 3 is 1.81 bits per heavy atom. The zero-order chi connectivity index (χ0) is 19.3. The van der Waals surface area contributed by atoms with Gasteiger partial charge in [-0.15, -0.1) is 0 Å². The van der Waals surface area contributed by atoms with E-state index in [-0.39, 0.29) is 0 Å². The molecule has 27 heavy (non-hydrogen) atoms. The Morgan fingerprint density at radius 2 is 1.26 bits per heavy atom. The molecule has 0 aliphatic heterocycles. The summed E-state index contributed by atoms with van der Waals surface area (Å²) in [6.07, 6.45) is 0. The molecule has 0 bridgehead atoms. The van der Waals surface area contributed by atoms with Crippen molar-refractivity contribution in [1.29, 1.82) is 0 Å². The van der Waals surface area contributed by atoms with Crippen molar-refractivity contribution in [2.45, 2.75) is 20.0 Å². The molecular weight excluding hydrogens is 330 g/mol. The largest absolute Gasteiger partial charge is 0.296 e. The first-order valence-electron chi connectivity index (χ1n) is 8.81. The van der Waals surface area contributed by atoms with Crippen molar-refractivity contribution in [2.24, 2.45) is 15.0 Å². The van der Waals surface area contributed by atoms with E-state index in [1.54, 1.807) is 0 Å². The molecule has 3 nitrogen and oxygen atoms in total. The molecule has 3 aromatic carbocycles. The molecule has 0 fully saturated rings. The summed E-state index contributed by atoms with van der Waals surface area (Å²) in [5.74, 6) is 0.691. The lowest BCUT2D eigenvalue weighted by Gasteiger charge is -2.02. The number of hydrogen-bond donors (Lipinski definition) is 0. The summed E-state index contributed by atoms with van der Waals surface area (Å²) in [6.45, 7) is 10.4. The maximum Gasteiger partial charge on any atom is 0.154 e. The van der Waals surface area contributed by atoms with E-state index in [2.05, 4.69) is 59.6 Å². The van der Waals surface area contributed by atoms with E-state index in [1.807, 2.05) is 60.7 Å². The van der Waals surface area contributed by atoms with Crippen molar-refractivity contribution in [3.8, 4) is 0 Å². The first-order chi connectivity index (χ1) is 13.2. The van der Waals surface area contributed by atoms with Crippen molar-refractivity contribution in [3.05, 3.63) is 107 Å². The van der Waals surface area contributed by atoms with Crippen LogP contribution in [-0.2, 0) is 13.1 Å². The van der Waals surface area contributed by atoms with Crippen LogP contribution in [0.25, 0.3) is 0 Å². The lowest BCUT2D eigenvalue weighted by atomic mass is 10.1. The molecule has 0 amide bonds. The molecule has 0 heterocycles. The summed E-state index contributed by atoms with van der Waals surface area (Å²) in [5.41, 5.74) is 4.65. The molecule has 0 saturated heterocycles. The average molecular weight is 355 g/mol. The predicted octanol–water partition coefficient (Wildman–Crippen LogP) is 5.53. The normalized spacial score (nSPS) is 10.5. The Morgan fingerprint density at radius 1 is 0.704 bits per heavy atom. The van der Waals surface area contributed by atoms with E-state index in [0.717, 1.165) is 12.1 Å². The molecule has 0 atom stereocenters. The number of nitrogens with zero attached hydrogens (tertiary/aromatic N) is 3. The fourth-order valence-corrected chi connectivity index (χ4v) is 2.39. The maximum absolute atomic E-state index is 4.50. The minimum absolute atomic E-state index is 0.628. The second-order valence-corrected chi connectivity index (χ2v) is 6.02. The molecule has 0 radical (unpaired) electrons. The summed E-state index contributed by atoms with van der Waals surface area (Å²) >= 11 is 0. The molecule has 0 N–H and O–H groups in total. The van der Waals surface area contributed by atoms with E-state index in [0.29, 0.717) is 12.4 Å². The number of benzene rings is 3. The number of rotatable bonds is 5. The molecule has 3 rings (SSSR count). The van der Waals surface area contributed by atoms with Gasteiger partial charge < -0.3 is 0 Å². The lowest BCUT2D eigenvalue weighted by Crippen LogP contribution is -1.97. The van der Waals surface area contributed by atoms with Crippen LogP contribution in [0.4, 0.5) is 0 Å². The van der Waals surface area contributed by atoms with Crippen LogP contribution < -0.4 is 0 Å². The first-order valence-corrected chi connectivity index (χ1v) is 8.81. The maximum atomic E-state index is 4.50. The monoisotopic (exact) mass is 355 g/mol. The number of aliphatic imine (C=N–C) groups is 3. The van der Waals surface area contributed by atoms with Crippen molar-refractivity contribution < 1.29 is 0 Å². The van der Waals surface area contributed by atoms with Crippen LogP contribution in [0.3, 0.4) is 0 Å². The summed E-state index contributed by atoms with van der Waals surface area (Å²) in [5, 5.41) is 0. The highest BCUT2D eigenvalue weighted by atomic mass is 14.9. The first kappa shape index (κ1) is 20.0. The van der Waals surface area contributed by atoms with Gasteiger partial charge in [0.15, 0.2) is 5.84 Å². The van der Waals surface area contributed by atoms with Crippen LogP contribution in [0.5, 0.6) is 0 Å². The Hall–Kier alpha value is -3.33. The van der Waals surface area contributed by atoms with Crippen LogP contribution in [0.15, 0.2) is 99.9 Å². The van der Waals surface area contributed by atoms with Gasteiger partial charge >= 0.3 is 0 Å². The molecule has 0 aromatic heterocycles. The van der Waals surface area contributed by atoms with Gasteiger partial charge in [-0.25, -0.2) is 4.99 Å². The molecule has 3 heteroatoms. The van der Waals surface area contributed by atoms with E-state index >= 15 is 0 Å². The molecule has 0 spiro atoms. The highest BCUT2D eigenvalue weighted by Gasteiger charge is 1.99. The van der Waals surface area contributed by atoms with Crippen molar-refractivity contribution in [3.63, 3.8) is 0 Å².